The maximum Gasteiger partial charge on any atom is 0.251 e. The van der Waals surface area contributed by atoms with Gasteiger partial charge in [-0.25, -0.2) is 0 Å². The molecule has 0 spiro atoms. The Hall–Kier alpha value is -2.37. The smallest absolute Gasteiger partial charge is 0.251 e. The number of benzene rings is 2. The zero-order valence-electron chi connectivity index (χ0n) is 16.5. The average molecular weight is 380 g/mol. The van der Waals surface area contributed by atoms with Crippen molar-refractivity contribution in [3.8, 4) is 5.75 Å². The number of hydrogen-bond acceptors (Lipinski definition) is 4. The van der Waals surface area contributed by atoms with Gasteiger partial charge in [0.05, 0.1) is 18.8 Å². The van der Waals surface area contributed by atoms with Gasteiger partial charge in [0, 0.05) is 30.7 Å². The van der Waals surface area contributed by atoms with Gasteiger partial charge in [-0.2, -0.15) is 0 Å². The Labute approximate surface area is 166 Å². The number of hydrogen-bond donors (Lipinski definition) is 1. The molecule has 5 nitrogen and oxygen atoms in total. The van der Waals surface area contributed by atoms with Gasteiger partial charge in [-0.3, -0.25) is 9.69 Å². The molecule has 0 unspecified atom stereocenters. The molecule has 2 aromatic carbocycles. The molecule has 148 valence electrons. The normalized spacial score (nSPS) is 24.8. The van der Waals surface area contributed by atoms with Gasteiger partial charge in [-0.15, -0.1) is 0 Å². The second-order valence-electron chi connectivity index (χ2n) is 7.94. The second-order valence-corrected chi connectivity index (χ2v) is 7.94. The summed E-state index contributed by atoms with van der Waals surface area (Å²) in [6.45, 7) is 6.44. The number of nitrogens with one attached hydrogen (secondary N) is 1. The Balaban J connectivity index is 1.32. The molecule has 3 atom stereocenters. The van der Waals surface area contributed by atoms with Crippen molar-refractivity contribution < 1.29 is 14.3 Å². The summed E-state index contributed by atoms with van der Waals surface area (Å²) in [7, 11) is 0. The van der Waals surface area contributed by atoms with Crippen LogP contribution in [0.25, 0.3) is 0 Å². The minimum atomic E-state index is -0.0264. The van der Waals surface area contributed by atoms with Crippen LogP contribution >= 0.6 is 0 Å². The van der Waals surface area contributed by atoms with Crippen molar-refractivity contribution in [1.29, 1.82) is 0 Å². The number of carbonyl (C=O) groups excluding carboxylic acids is 1. The van der Waals surface area contributed by atoms with E-state index < -0.39 is 0 Å². The molecule has 0 bridgehead atoms. The fourth-order valence-corrected chi connectivity index (χ4v) is 4.07. The Bertz CT molecular complexity index is 791. The van der Waals surface area contributed by atoms with E-state index >= 15 is 0 Å². The van der Waals surface area contributed by atoms with Gasteiger partial charge in [-0.05, 0) is 50.1 Å². The van der Waals surface area contributed by atoms with Gasteiger partial charge < -0.3 is 14.8 Å². The van der Waals surface area contributed by atoms with Crippen LogP contribution in [-0.2, 0) is 4.74 Å². The van der Waals surface area contributed by atoms with Crippen molar-refractivity contribution in [1.82, 2.24) is 10.2 Å². The van der Waals surface area contributed by atoms with E-state index in [1.54, 1.807) is 0 Å². The third-order valence-corrected chi connectivity index (χ3v) is 5.41. The van der Waals surface area contributed by atoms with E-state index in [0.717, 1.165) is 25.3 Å². The van der Waals surface area contributed by atoms with E-state index in [-0.39, 0.29) is 24.2 Å². The number of ether oxygens (including phenoxy) is 2. The van der Waals surface area contributed by atoms with Crippen molar-refractivity contribution >= 4 is 5.91 Å². The number of nitrogens with zero attached hydrogens (tertiary/aromatic N) is 1. The second kappa shape index (κ2) is 8.33. The maximum absolute atomic E-state index is 12.6. The molecule has 1 N–H and O–H groups in total. The summed E-state index contributed by atoms with van der Waals surface area (Å²) >= 11 is 0. The molecule has 0 aromatic heterocycles. The summed E-state index contributed by atoms with van der Waals surface area (Å²) in [6.07, 6.45) is 1.17. The van der Waals surface area contributed by atoms with E-state index in [2.05, 4.69) is 34.5 Å². The predicted molar refractivity (Wildman–Crippen MR) is 109 cm³/mol. The third-order valence-electron chi connectivity index (χ3n) is 5.41. The van der Waals surface area contributed by atoms with E-state index in [4.69, 9.17) is 9.47 Å². The lowest BCUT2D eigenvalue weighted by Crippen LogP contribution is -2.43. The molecule has 2 aliphatic heterocycles. The molecule has 28 heavy (non-hydrogen) atoms. The molecule has 2 saturated heterocycles. The highest BCUT2D eigenvalue weighted by molar-refractivity contribution is 5.94. The zero-order chi connectivity index (χ0) is 19.5. The van der Waals surface area contributed by atoms with Crippen LogP contribution in [0.3, 0.4) is 0 Å². The molecule has 0 aliphatic carbocycles. The standard InChI is InChI=1S/C23H28N2O3/c1-16(2)28-21-10-8-18(9-11-21)23(26)24-19-12-20-15-27-22(14-25(20)13-19)17-6-4-3-5-7-17/h3-11,16,19-20,22H,12-15H2,1-2H3,(H,24,26)/t19-,20+,22-/m1/s1. The van der Waals surface area contributed by atoms with E-state index in [9.17, 15) is 4.79 Å². The number of amides is 1. The van der Waals surface area contributed by atoms with Crippen LogP contribution in [-0.4, -0.2) is 48.7 Å². The first-order chi connectivity index (χ1) is 13.6. The van der Waals surface area contributed by atoms with Crippen LogP contribution in [0.5, 0.6) is 5.75 Å². The number of rotatable bonds is 5. The van der Waals surface area contributed by atoms with E-state index in [1.807, 2.05) is 44.2 Å². The van der Waals surface area contributed by atoms with Crippen LogP contribution < -0.4 is 10.1 Å². The molecular formula is C23H28N2O3. The van der Waals surface area contributed by atoms with Gasteiger partial charge in [0.2, 0.25) is 0 Å². The lowest BCUT2D eigenvalue weighted by Gasteiger charge is -2.35. The van der Waals surface area contributed by atoms with Gasteiger partial charge in [-0.1, -0.05) is 30.3 Å². The highest BCUT2D eigenvalue weighted by Crippen LogP contribution is 2.30. The zero-order valence-corrected chi connectivity index (χ0v) is 16.5. The number of morpholine rings is 1. The van der Waals surface area contributed by atoms with Crippen molar-refractivity contribution in [2.45, 2.75) is 44.6 Å². The fraction of sp³-hybridized carbons (Fsp3) is 0.435. The maximum atomic E-state index is 12.6. The molecule has 5 heteroatoms. The van der Waals surface area contributed by atoms with Crippen LogP contribution in [0.15, 0.2) is 54.6 Å². The molecule has 2 aliphatic rings. The lowest BCUT2D eigenvalue weighted by atomic mass is 10.1. The fourth-order valence-electron chi connectivity index (χ4n) is 4.07. The van der Waals surface area contributed by atoms with Crippen LogP contribution in [0.4, 0.5) is 0 Å². The Morgan fingerprint density at radius 3 is 2.57 bits per heavy atom. The summed E-state index contributed by atoms with van der Waals surface area (Å²) in [5, 5.41) is 3.19. The monoisotopic (exact) mass is 380 g/mol. The highest BCUT2D eigenvalue weighted by atomic mass is 16.5. The summed E-state index contributed by atoms with van der Waals surface area (Å²) in [6, 6.07) is 18.3. The molecule has 0 saturated carbocycles. The predicted octanol–water partition coefficient (Wildman–Crippen LogP) is 3.42. The van der Waals surface area contributed by atoms with Crippen molar-refractivity contribution in [3.63, 3.8) is 0 Å². The third kappa shape index (κ3) is 4.37. The first kappa shape index (κ1) is 19.0. The van der Waals surface area contributed by atoms with Gasteiger partial charge in [0.25, 0.3) is 5.91 Å². The van der Waals surface area contributed by atoms with Crippen LogP contribution in [0, 0.1) is 0 Å². The van der Waals surface area contributed by atoms with Crippen molar-refractivity contribution in [3.05, 3.63) is 65.7 Å². The molecular weight excluding hydrogens is 352 g/mol. The van der Waals surface area contributed by atoms with E-state index in [1.165, 1.54) is 5.56 Å². The van der Waals surface area contributed by atoms with E-state index in [0.29, 0.717) is 18.2 Å². The summed E-state index contributed by atoms with van der Waals surface area (Å²) in [4.78, 5) is 15.1. The molecule has 2 aromatic rings. The van der Waals surface area contributed by atoms with Gasteiger partial charge >= 0.3 is 0 Å². The molecule has 2 fully saturated rings. The summed E-state index contributed by atoms with van der Waals surface area (Å²) in [5.74, 6) is 0.759. The van der Waals surface area contributed by atoms with Crippen molar-refractivity contribution in [2.75, 3.05) is 19.7 Å². The largest absolute Gasteiger partial charge is 0.491 e. The number of fused-ring (bicyclic) bond motifs is 1. The summed E-state index contributed by atoms with van der Waals surface area (Å²) in [5.41, 5.74) is 1.89. The van der Waals surface area contributed by atoms with Gasteiger partial charge in [0.1, 0.15) is 5.75 Å². The first-order valence-corrected chi connectivity index (χ1v) is 10.1. The quantitative estimate of drug-likeness (QED) is 0.864. The molecule has 1 amide bonds. The minimum absolute atomic E-state index is 0.0264. The van der Waals surface area contributed by atoms with Gasteiger partial charge in [0.15, 0.2) is 0 Å². The summed E-state index contributed by atoms with van der Waals surface area (Å²) < 4.78 is 11.7. The number of carbonyl (C=O) groups is 1. The molecule has 0 radical (unpaired) electrons. The SMILES string of the molecule is CC(C)Oc1ccc(C(=O)N[C@@H]2C[C@H]3CO[C@@H](c4ccccc4)CN3C2)cc1. The Morgan fingerprint density at radius 2 is 1.86 bits per heavy atom. The average Bonchev–Trinajstić information content (AvgIpc) is 3.10. The highest BCUT2D eigenvalue weighted by Gasteiger charge is 2.38. The topological polar surface area (TPSA) is 50.8 Å². The molecule has 4 rings (SSSR count). The lowest BCUT2D eigenvalue weighted by molar-refractivity contribution is -0.0502. The Morgan fingerprint density at radius 1 is 1.11 bits per heavy atom. The van der Waals surface area contributed by atoms with Crippen LogP contribution in [0.1, 0.15) is 42.3 Å². The first-order valence-electron chi connectivity index (χ1n) is 10.1. The minimum Gasteiger partial charge on any atom is -0.491 e. The van der Waals surface area contributed by atoms with Crippen LogP contribution in [0.2, 0.25) is 0 Å². The Kier molecular flexibility index (Phi) is 5.64. The van der Waals surface area contributed by atoms with Crippen molar-refractivity contribution in [2.24, 2.45) is 0 Å². The molecule has 2 heterocycles.